The van der Waals surface area contributed by atoms with Gasteiger partial charge in [-0.3, -0.25) is 9.59 Å². The lowest BCUT2D eigenvalue weighted by molar-refractivity contribution is -0.166. The molecule has 0 heterocycles. The van der Waals surface area contributed by atoms with Crippen LogP contribution in [-0.2, 0) is 14.3 Å². The molecule has 0 aromatic rings. The van der Waals surface area contributed by atoms with E-state index in [1.54, 1.807) is 0 Å². The minimum absolute atomic E-state index is 0.0179. The predicted molar refractivity (Wildman–Crippen MR) is 122 cm³/mol. The third-order valence-corrected chi connectivity index (χ3v) is 10.3. The smallest absolute Gasteiger partial charge is 0.312 e. The van der Waals surface area contributed by atoms with Gasteiger partial charge in [0.15, 0.2) is 5.78 Å². The van der Waals surface area contributed by atoms with Crippen LogP contribution in [0.3, 0.4) is 0 Å². The number of ether oxygens (including phenoxy) is 1. The average molecular weight is 425 g/mol. The largest absolute Gasteiger partial charge is 0.457 e. The first-order valence-electron chi connectivity index (χ1n) is 12.6. The lowest BCUT2D eigenvalue weighted by Crippen LogP contribution is -2.46. The summed E-state index contributed by atoms with van der Waals surface area (Å²) in [6.45, 7) is 13.3. The Hall–Kier alpha value is -1.38. The number of allylic oxidation sites excluding steroid dienone is 3. The van der Waals surface area contributed by atoms with Crippen LogP contribution in [-0.4, -0.2) is 17.9 Å². The van der Waals surface area contributed by atoms with Gasteiger partial charge < -0.3 is 4.74 Å². The fourth-order valence-electron chi connectivity index (χ4n) is 8.26. The third-order valence-electron chi connectivity index (χ3n) is 10.3. The number of esters is 1. The van der Waals surface area contributed by atoms with Gasteiger partial charge in [-0.25, -0.2) is 0 Å². The van der Waals surface area contributed by atoms with E-state index in [0.717, 1.165) is 44.1 Å². The molecule has 0 saturated heterocycles. The Morgan fingerprint density at radius 2 is 1.74 bits per heavy atom. The first kappa shape index (κ1) is 21.5. The normalized spacial score (nSPS) is 44.8. The second kappa shape index (κ2) is 6.81. The summed E-state index contributed by atoms with van der Waals surface area (Å²) in [5, 5.41) is 0. The van der Waals surface area contributed by atoms with Crippen molar-refractivity contribution in [2.24, 2.45) is 45.8 Å². The summed E-state index contributed by atoms with van der Waals surface area (Å²) in [6, 6.07) is 0. The van der Waals surface area contributed by atoms with Gasteiger partial charge in [0.05, 0.1) is 10.8 Å². The van der Waals surface area contributed by atoms with Gasteiger partial charge in [0, 0.05) is 11.8 Å². The Kier molecular flexibility index (Phi) is 4.72. The van der Waals surface area contributed by atoms with E-state index in [1.807, 2.05) is 0 Å². The highest BCUT2D eigenvalue weighted by atomic mass is 16.5. The number of carbonyl (C=O) groups excluding carboxylic acids is 2. The lowest BCUT2D eigenvalue weighted by atomic mass is 9.62. The Balaban J connectivity index is 1.50. The molecule has 3 saturated carbocycles. The molecule has 7 atom stereocenters. The molecule has 3 heteroatoms. The van der Waals surface area contributed by atoms with Crippen molar-refractivity contribution in [1.29, 1.82) is 0 Å². The molecule has 2 bridgehead atoms. The summed E-state index contributed by atoms with van der Waals surface area (Å²) in [5.41, 5.74) is 1.81. The van der Waals surface area contributed by atoms with Crippen LogP contribution in [0, 0.1) is 45.8 Å². The summed E-state index contributed by atoms with van der Waals surface area (Å²) < 4.78 is 6.36. The molecule has 0 unspecified atom stereocenters. The van der Waals surface area contributed by atoms with E-state index in [4.69, 9.17) is 4.74 Å². The van der Waals surface area contributed by atoms with Crippen LogP contribution in [0.25, 0.3) is 0 Å². The SMILES string of the molecule is CC1=C[C@@H]2C(=O)[C@]3(C=C(C)[C@H](OC(=O)C4(C)CCCCC4)[C@H]3C1)[C@H](C)C[C@@H]1[C@H]2C1(C)C. The minimum atomic E-state index is -0.481. The van der Waals surface area contributed by atoms with E-state index in [2.05, 4.69) is 53.7 Å². The molecule has 5 aliphatic rings. The first-order chi connectivity index (χ1) is 14.5. The van der Waals surface area contributed by atoms with E-state index in [1.165, 1.54) is 12.0 Å². The molecule has 170 valence electrons. The Morgan fingerprint density at radius 1 is 1.06 bits per heavy atom. The molecule has 0 amide bonds. The van der Waals surface area contributed by atoms with Crippen LogP contribution in [0.5, 0.6) is 0 Å². The zero-order valence-corrected chi connectivity index (χ0v) is 20.3. The maximum Gasteiger partial charge on any atom is 0.312 e. The second-order valence-corrected chi connectivity index (χ2v) is 12.6. The number of Topliss-reactive ketones (excluding diaryl/α,β-unsaturated/α-hetero) is 1. The highest BCUT2D eigenvalue weighted by Crippen LogP contribution is 2.71. The number of fused-ring (bicyclic) bond motifs is 3. The van der Waals surface area contributed by atoms with Gasteiger partial charge >= 0.3 is 5.97 Å². The summed E-state index contributed by atoms with van der Waals surface area (Å²) in [5.74, 6) is 1.80. The van der Waals surface area contributed by atoms with Crippen molar-refractivity contribution in [2.45, 2.75) is 92.6 Å². The summed E-state index contributed by atoms with van der Waals surface area (Å²) in [7, 11) is 0. The molecule has 3 nitrogen and oxygen atoms in total. The van der Waals surface area contributed by atoms with Crippen LogP contribution in [0.1, 0.15) is 86.5 Å². The molecule has 0 aliphatic heterocycles. The molecule has 3 fully saturated rings. The molecule has 5 aliphatic carbocycles. The quantitative estimate of drug-likeness (QED) is 0.387. The van der Waals surface area contributed by atoms with Crippen molar-refractivity contribution in [3.05, 3.63) is 23.3 Å². The van der Waals surface area contributed by atoms with Gasteiger partial charge in [-0.15, -0.1) is 0 Å². The Bertz CT molecular complexity index is 871. The van der Waals surface area contributed by atoms with Crippen molar-refractivity contribution < 1.29 is 14.3 Å². The zero-order chi connectivity index (χ0) is 22.3. The number of hydrogen-bond acceptors (Lipinski definition) is 3. The highest BCUT2D eigenvalue weighted by Gasteiger charge is 2.70. The Morgan fingerprint density at radius 3 is 2.42 bits per heavy atom. The van der Waals surface area contributed by atoms with E-state index in [-0.39, 0.29) is 40.7 Å². The summed E-state index contributed by atoms with van der Waals surface area (Å²) in [6.07, 6.45) is 11.5. The van der Waals surface area contributed by atoms with Gasteiger partial charge in [0.2, 0.25) is 0 Å². The van der Waals surface area contributed by atoms with Crippen molar-refractivity contribution >= 4 is 11.8 Å². The van der Waals surface area contributed by atoms with Crippen molar-refractivity contribution in [1.82, 2.24) is 0 Å². The molecule has 0 aromatic heterocycles. The van der Waals surface area contributed by atoms with Crippen LogP contribution in [0.15, 0.2) is 23.3 Å². The molecule has 0 N–H and O–H groups in total. The van der Waals surface area contributed by atoms with Gasteiger partial charge in [0.1, 0.15) is 6.10 Å². The third kappa shape index (κ3) is 2.90. The molecular formula is C28H40O3. The van der Waals surface area contributed by atoms with Crippen LogP contribution in [0.4, 0.5) is 0 Å². The van der Waals surface area contributed by atoms with Gasteiger partial charge in [-0.2, -0.15) is 0 Å². The highest BCUT2D eigenvalue weighted by molar-refractivity contribution is 5.94. The first-order valence-corrected chi connectivity index (χ1v) is 12.6. The van der Waals surface area contributed by atoms with Crippen molar-refractivity contribution in [3.8, 4) is 0 Å². The molecule has 0 radical (unpaired) electrons. The van der Waals surface area contributed by atoms with Gasteiger partial charge in [-0.05, 0) is 75.2 Å². The average Bonchev–Trinajstić information content (AvgIpc) is 3.18. The van der Waals surface area contributed by atoms with Crippen LogP contribution in [0.2, 0.25) is 0 Å². The fourth-order valence-corrected chi connectivity index (χ4v) is 8.26. The van der Waals surface area contributed by atoms with Gasteiger partial charge in [-0.1, -0.05) is 57.8 Å². The number of carbonyl (C=O) groups is 2. The lowest BCUT2D eigenvalue weighted by Gasteiger charge is -2.41. The monoisotopic (exact) mass is 424 g/mol. The number of rotatable bonds is 2. The van der Waals surface area contributed by atoms with Crippen LogP contribution >= 0.6 is 0 Å². The predicted octanol–water partition coefficient (Wildman–Crippen LogP) is 6.28. The van der Waals surface area contributed by atoms with E-state index in [0.29, 0.717) is 17.6 Å². The molecule has 1 spiro atoms. The fraction of sp³-hybridized carbons (Fsp3) is 0.786. The summed E-state index contributed by atoms with van der Waals surface area (Å²) in [4.78, 5) is 27.6. The van der Waals surface area contributed by atoms with E-state index in [9.17, 15) is 9.59 Å². The minimum Gasteiger partial charge on any atom is -0.457 e. The zero-order valence-electron chi connectivity index (χ0n) is 20.3. The van der Waals surface area contributed by atoms with E-state index >= 15 is 0 Å². The summed E-state index contributed by atoms with van der Waals surface area (Å²) >= 11 is 0. The van der Waals surface area contributed by atoms with Crippen LogP contribution < -0.4 is 0 Å². The maximum atomic E-state index is 14.2. The van der Waals surface area contributed by atoms with Crippen molar-refractivity contribution in [2.75, 3.05) is 0 Å². The standard InChI is InChI=1S/C28H40O3/c1-16-12-19-22-20(26(22,4)5)14-18(3)28(24(19)29)15-17(2)23(21(28)13-16)31-25(30)27(6)10-8-7-9-11-27/h12,15,18-23H,7-11,13-14H2,1-6H3/t18-,19+,20-,21-,22+,23+,28-/m1/s1. The van der Waals surface area contributed by atoms with Gasteiger partial charge in [0.25, 0.3) is 0 Å². The Labute approximate surface area is 188 Å². The maximum absolute atomic E-state index is 14.2. The molecular weight excluding hydrogens is 384 g/mol. The molecule has 31 heavy (non-hydrogen) atoms. The molecule has 5 rings (SSSR count). The van der Waals surface area contributed by atoms with E-state index < -0.39 is 5.41 Å². The number of hydrogen-bond donors (Lipinski definition) is 0. The topological polar surface area (TPSA) is 43.4 Å². The second-order valence-electron chi connectivity index (χ2n) is 12.6. The molecule has 0 aromatic carbocycles. The number of ketones is 1. The van der Waals surface area contributed by atoms with Crippen molar-refractivity contribution in [3.63, 3.8) is 0 Å².